The number of carbonyl (C=O) groups excluding carboxylic acids is 1. The highest BCUT2D eigenvalue weighted by atomic mass is 35.5. The molecule has 67 heavy (non-hydrogen) atoms. The van der Waals surface area contributed by atoms with Crippen LogP contribution < -0.4 is 30.3 Å². The largest absolute Gasteiger partial charge is 0.489 e. The van der Waals surface area contributed by atoms with Crippen molar-refractivity contribution >= 4 is 72.4 Å². The lowest BCUT2D eigenvalue weighted by atomic mass is 9.72. The van der Waals surface area contributed by atoms with Crippen LogP contribution in [-0.2, 0) is 19.3 Å². The molecule has 1 amide bonds. The molecule has 0 unspecified atom stereocenters. The van der Waals surface area contributed by atoms with E-state index in [2.05, 4.69) is 41.2 Å². The van der Waals surface area contributed by atoms with Gasteiger partial charge in [-0.3, -0.25) is 19.8 Å². The molecule has 6 heterocycles. The first kappa shape index (κ1) is 44.9. The predicted molar refractivity (Wildman–Crippen MR) is 255 cm³/mol. The van der Waals surface area contributed by atoms with E-state index in [0.717, 1.165) is 37.3 Å². The van der Waals surface area contributed by atoms with E-state index in [9.17, 15) is 14.9 Å². The van der Waals surface area contributed by atoms with Gasteiger partial charge >= 0.3 is 0 Å². The van der Waals surface area contributed by atoms with Crippen molar-refractivity contribution in [2.24, 2.45) is 11.1 Å². The van der Waals surface area contributed by atoms with E-state index in [4.69, 9.17) is 41.3 Å². The second kappa shape index (κ2) is 18.0. The second-order valence-electron chi connectivity index (χ2n) is 18.6. The molecular formula is C48H53ClN8O9S. The molecule has 2 aromatic heterocycles. The molecule has 2 atom stereocenters. The fourth-order valence-corrected chi connectivity index (χ4v) is 11.9. The Morgan fingerprint density at radius 1 is 0.985 bits per heavy atom. The number of nitro benzene ring substituents is 1. The van der Waals surface area contributed by atoms with E-state index in [-0.39, 0.29) is 70.1 Å². The number of nitrogens with one attached hydrogen (secondary N) is 2. The number of aromatic nitrogens is 2. The zero-order chi connectivity index (χ0) is 46.6. The van der Waals surface area contributed by atoms with E-state index in [1.165, 1.54) is 22.8 Å². The summed E-state index contributed by atoms with van der Waals surface area (Å²) in [6.07, 6.45) is 4.73. The number of nitro groups is 1. The number of aromatic amines is 1. The standard InChI is InChI=1S/C48H53ClN8O9S/c1-48(2)12-10-31(35(25-48)29-4-6-32(49)7-5-29)26-54-15-17-55(18-16-54)37-9-8-34(45(50)58)43(56-14-3-19-65-47-39(56)22-30-11-13-51-46(30)53-47)44(37)67(61,62)33-23-38(57(59)60)42-40(24-33)66-27-36(52-42)41-28-63-20-21-64-41/h4-9,11,13,22-24,36,41,52H,3,10,12,14-21,25-28H2,1-2H3,(H2,50,58)(H,51,53)/t36-,41+/m1/s1. The van der Waals surface area contributed by atoms with Crippen LogP contribution in [0.5, 0.6) is 11.6 Å². The Bertz CT molecular complexity index is 2890. The first-order valence-corrected chi connectivity index (χ1v) is 24.6. The fourth-order valence-electron chi connectivity index (χ4n) is 10.0. The quantitative estimate of drug-likeness (QED) is 0.0925. The first-order valence-electron chi connectivity index (χ1n) is 22.7. The topological polar surface area (TPSA) is 208 Å². The Balaban J connectivity index is 1.07. The molecule has 3 aromatic carbocycles. The minimum atomic E-state index is -4.76. The molecule has 1 aliphatic carbocycles. The highest BCUT2D eigenvalue weighted by molar-refractivity contribution is 7.91. The molecule has 17 nitrogen and oxygen atoms in total. The van der Waals surface area contributed by atoms with Gasteiger partial charge in [-0.25, -0.2) is 8.42 Å². The third-order valence-corrected chi connectivity index (χ3v) is 15.6. The Morgan fingerprint density at radius 3 is 2.54 bits per heavy atom. The number of carbonyl (C=O) groups is 1. The van der Waals surface area contributed by atoms with E-state index in [1.54, 1.807) is 23.2 Å². The Labute approximate surface area is 393 Å². The molecule has 19 heteroatoms. The number of ether oxygens (including phenoxy) is 4. The van der Waals surface area contributed by atoms with Crippen molar-refractivity contribution in [1.29, 1.82) is 0 Å². The first-order chi connectivity index (χ1) is 32.2. The van der Waals surface area contributed by atoms with Gasteiger partial charge in [-0.15, -0.1) is 0 Å². The predicted octanol–water partition coefficient (Wildman–Crippen LogP) is 7.35. The van der Waals surface area contributed by atoms with Gasteiger partial charge in [0.1, 0.15) is 28.9 Å². The summed E-state index contributed by atoms with van der Waals surface area (Å²) in [6.45, 7) is 9.11. The number of nitrogens with two attached hydrogens (primary N) is 1. The lowest BCUT2D eigenvalue weighted by Gasteiger charge is -2.40. The highest BCUT2D eigenvalue weighted by Gasteiger charge is 2.40. The molecule has 0 spiro atoms. The highest BCUT2D eigenvalue weighted by Crippen LogP contribution is 2.49. The van der Waals surface area contributed by atoms with Gasteiger partial charge in [-0.2, -0.15) is 4.98 Å². The van der Waals surface area contributed by atoms with Crippen molar-refractivity contribution in [3.8, 4) is 11.6 Å². The molecule has 0 bridgehead atoms. The Morgan fingerprint density at radius 2 is 1.79 bits per heavy atom. The minimum absolute atomic E-state index is 0.00512. The summed E-state index contributed by atoms with van der Waals surface area (Å²) in [7, 11) is -4.76. The number of allylic oxidation sites excluding steroid dienone is 1. The smallest absolute Gasteiger partial charge is 0.297 e. The average molecular weight is 954 g/mol. The molecule has 0 saturated carbocycles. The van der Waals surface area contributed by atoms with Crippen molar-refractivity contribution in [3.05, 3.63) is 98.7 Å². The van der Waals surface area contributed by atoms with E-state index in [0.29, 0.717) is 67.9 Å². The number of sulfone groups is 1. The van der Waals surface area contributed by atoms with Crippen molar-refractivity contribution in [1.82, 2.24) is 14.9 Å². The van der Waals surface area contributed by atoms with Crippen LogP contribution in [0.4, 0.5) is 28.4 Å². The summed E-state index contributed by atoms with van der Waals surface area (Å²) in [5.74, 6) is -0.613. The SMILES string of the molecule is CC1(C)CCC(CN2CCN(c3ccc(C(N)=O)c(N4CCCOc5nc6[nH]ccc6cc54)c3S(=O)(=O)c3cc4c(c([N+](=O)[O-])c3)N[C@@H]([C@@H]3COCCO3)CO4)CC2)=C(c2ccc(Cl)cc2)C1. The summed E-state index contributed by atoms with van der Waals surface area (Å²) >= 11 is 6.29. The minimum Gasteiger partial charge on any atom is -0.489 e. The molecule has 5 aliphatic rings. The molecule has 10 rings (SSSR count). The van der Waals surface area contributed by atoms with Crippen LogP contribution in [0.1, 0.15) is 55.5 Å². The van der Waals surface area contributed by atoms with E-state index >= 15 is 8.42 Å². The van der Waals surface area contributed by atoms with Crippen molar-refractivity contribution in [3.63, 3.8) is 0 Å². The van der Waals surface area contributed by atoms with Crippen LogP contribution in [-0.4, -0.2) is 119 Å². The number of pyridine rings is 1. The van der Waals surface area contributed by atoms with Gasteiger partial charge in [0.05, 0.1) is 59.2 Å². The molecule has 4 aliphatic heterocycles. The number of amides is 1. The Kier molecular flexibility index (Phi) is 12.0. The van der Waals surface area contributed by atoms with Crippen molar-refractivity contribution in [2.45, 2.75) is 61.5 Å². The molecular weight excluding hydrogens is 900 g/mol. The monoisotopic (exact) mass is 952 g/mol. The zero-order valence-corrected chi connectivity index (χ0v) is 39.0. The summed E-state index contributed by atoms with van der Waals surface area (Å²) < 4.78 is 55.4. The van der Waals surface area contributed by atoms with Crippen LogP contribution in [0.3, 0.4) is 0 Å². The van der Waals surface area contributed by atoms with Crippen LogP contribution in [0.15, 0.2) is 82.2 Å². The summed E-state index contributed by atoms with van der Waals surface area (Å²) in [5.41, 5.74) is 11.1. The maximum Gasteiger partial charge on any atom is 0.297 e. The van der Waals surface area contributed by atoms with Crippen molar-refractivity contribution in [2.75, 3.05) is 87.4 Å². The number of primary amides is 1. The fraction of sp³-hybridized carbons (Fsp3) is 0.417. The van der Waals surface area contributed by atoms with Crippen LogP contribution in [0, 0.1) is 15.5 Å². The van der Waals surface area contributed by atoms with E-state index in [1.807, 2.05) is 29.2 Å². The molecule has 2 saturated heterocycles. The molecule has 352 valence electrons. The lowest BCUT2D eigenvalue weighted by Crippen LogP contribution is -2.47. The number of nitrogens with zero attached hydrogens (tertiary/aromatic N) is 5. The third kappa shape index (κ3) is 8.76. The maximum atomic E-state index is 15.8. The number of hydrogen-bond acceptors (Lipinski definition) is 14. The number of H-pyrrole nitrogens is 1. The molecule has 4 N–H and O–H groups in total. The third-order valence-electron chi connectivity index (χ3n) is 13.6. The normalized spacial score (nSPS) is 21.1. The average Bonchev–Trinajstić information content (AvgIpc) is 3.69. The van der Waals surface area contributed by atoms with Crippen molar-refractivity contribution < 1.29 is 37.1 Å². The lowest BCUT2D eigenvalue weighted by molar-refractivity contribution is -0.384. The molecule has 5 aromatic rings. The summed E-state index contributed by atoms with van der Waals surface area (Å²) in [5, 5.41) is 17.5. The zero-order valence-electron chi connectivity index (χ0n) is 37.4. The summed E-state index contributed by atoms with van der Waals surface area (Å²) in [4.78, 5) is 39.3. The van der Waals surface area contributed by atoms with Crippen LogP contribution in [0.25, 0.3) is 16.6 Å². The van der Waals surface area contributed by atoms with Gasteiger partial charge in [0.2, 0.25) is 15.7 Å². The maximum absolute atomic E-state index is 15.8. The van der Waals surface area contributed by atoms with Gasteiger partial charge in [-0.05, 0) is 78.6 Å². The molecule has 0 radical (unpaired) electrons. The number of anilines is 4. The number of fused-ring (bicyclic) bond motifs is 3. The van der Waals surface area contributed by atoms with Crippen LogP contribution in [0.2, 0.25) is 5.02 Å². The number of hydrogen-bond donors (Lipinski definition) is 3. The van der Waals surface area contributed by atoms with E-state index < -0.39 is 38.5 Å². The van der Waals surface area contributed by atoms with Gasteiger partial charge in [0.15, 0.2) is 11.4 Å². The number of rotatable bonds is 10. The van der Waals surface area contributed by atoms with Gasteiger partial charge in [0.25, 0.3) is 11.6 Å². The van der Waals surface area contributed by atoms with Gasteiger partial charge in [-0.1, -0.05) is 43.2 Å². The second-order valence-corrected chi connectivity index (χ2v) is 20.9. The number of piperazine rings is 1. The van der Waals surface area contributed by atoms with Crippen LogP contribution >= 0.6 is 11.6 Å². The summed E-state index contributed by atoms with van der Waals surface area (Å²) in [6, 6.07) is 16.8. The number of halogens is 1. The van der Waals surface area contributed by atoms with Gasteiger partial charge < -0.3 is 44.8 Å². The Hall–Kier alpha value is -5.92. The molecule has 2 fully saturated rings. The number of benzene rings is 3. The van der Waals surface area contributed by atoms with Gasteiger partial charge in [0, 0.05) is 68.0 Å².